The number of piperazine rings is 1. The third-order valence-electron chi connectivity index (χ3n) is 3.67. The van der Waals surface area contributed by atoms with Gasteiger partial charge in [-0.25, -0.2) is 0 Å². The molecular weight excluding hydrogens is 304 g/mol. The van der Waals surface area contributed by atoms with Crippen LogP contribution < -0.4 is 10.6 Å². The molecule has 0 aliphatic carbocycles. The monoisotopic (exact) mass is 320 g/mol. The average Bonchev–Trinajstić information content (AvgIpc) is 2.48. The number of halogens is 1. The SMILES string of the molecule is C/C(=C(/C#N)C(N)=S)N1CCN(c2ccccc2Cl)CC1. The molecule has 2 rings (SSSR count). The van der Waals surface area contributed by atoms with E-state index in [4.69, 9.17) is 34.8 Å². The lowest BCUT2D eigenvalue weighted by Crippen LogP contribution is -2.46. The Hall–Kier alpha value is -1.77. The molecule has 1 aliphatic rings. The summed E-state index contributed by atoms with van der Waals surface area (Å²) in [6.07, 6.45) is 0. The molecule has 1 aromatic carbocycles. The minimum Gasteiger partial charge on any atom is -0.389 e. The van der Waals surface area contributed by atoms with E-state index in [2.05, 4.69) is 15.9 Å². The summed E-state index contributed by atoms with van der Waals surface area (Å²) < 4.78 is 0. The van der Waals surface area contributed by atoms with Crippen LogP contribution in [0.15, 0.2) is 35.5 Å². The van der Waals surface area contributed by atoms with Gasteiger partial charge in [0.05, 0.1) is 10.7 Å². The van der Waals surface area contributed by atoms with Crippen LogP contribution >= 0.6 is 23.8 Å². The molecule has 1 aromatic rings. The Morgan fingerprint density at radius 2 is 1.90 bits per heavy atom. The maximum Gasteiger partial charge on any atom is 0.116 e. The smallest absolute Gasteiger partial charge is 0.116 e. The van der Waals surface area contributed by atoms with E-state index in [1.165, 1.54) is 0 Å². The largest absolute Gasteiger partial charge is 0.389 e. The summed E-state index contributed by atoms with van der Waals surface area (Å²) in [5.41, 5.74) is 7.89. The van der Waals surface area contributed by atoms with Gasteiger partial charge in [-0.1, -0.05) is 36.0 Å². The molecule has 1 saturated heterocycles. The number of anilines is 1. The van der Waals surface area contributed by atoms with Crippen LogP contribution in [-0.2, 0) is 0 Å². The van der Waals surface area contributed by atoms with Crippen molar-refractivity contribution in [1.29, 1.82) is 5.26 Å². The number of nitriles is 1. The fourth-order valence-electron chi connectivity index (χ4n) is 2.46. The van der Waals surface area contributed by atoms with E-state index in [9.17, 15) is 0 Å². The Kier molecular flexibility index (Phi) is 5.05. The van der Waals surface area contributed by atoms with Gasteiger partial charge in [-0.3, -0.25) is 0 Å². The first-order valence-corrected chi connectivity index (χ1v) is 7.48. The summed E-state index contributed by atoms with van der Waals surface area (Å²) in [6.45, 7) is 5.20. The van der Waals surface area contributed by atoms with Gasteiger partial charge in [-0.15, -0.1) is 0 Å². The maximum absolute atomic E-state index is 9.13. The molecule has 6 heteroatoms. The highest BCUT2D eigenvalue weighted by Crippen LogP contribution is 2.26. The molecule has 0 radical (unpaired) electrons. The second kappa shape index (κ2) is 6.79. The van der Waals surface area contributed by atoms with Crippen LogP contribution in [0.1, 0.15) is 6.92 Å². The summed E-state index contributed by atoms with van der Waals surface area (Å²) in [4.78, 5) is 4.55. The van der Waals surface area contributed by atoms with Crippen LogP contribution in [0.5, 0.6) is 0 Å². The summed E-state index contributed by atoms with van der Waals surface area (Å²) in [5.74, 6) is 0. The van der Waals surface area contributed by atoms with Crippen molar-refractivity contribution in [2.45, 2.75) is 6.92 Å². The van der Waals surface area contributed by atoms with Crippen molar-refractivity contribution in [3.8, 4) is 6.07 Å². The molecule has 0 spiro atoms. The quantitative estimate of drug-likeness (QED) is 0.527. The Bertz CT molecular complexity index is 612. The zero-order valence-corrected chi connectivity index (χ0v) is 13.4. The maximum atomic E-state index is 9.13. The highest BCUT2D eigenvalue weighted by Gasteiger charge is 2.21. The van der Waals surface area contributed by atoms with Gasteiger partial charge in [0.1, 0.15) is 16.6 Å². The lowest BCUT2D eigenvalue weighted by Gasteiger charge is -2.38. The first-order chi connectivity index (χ1) is 10.0. The molecule has 0 unspecified atom stereocenters. The average molecular weight is 321 g/mol. The summed E-state index contributed by atoms with van der Waals surface area (Å²) in [6, 6.07) is 9.92. The third kappa shape index (κ3) is 3.46. The Morgan fingerprint density at radius 1 is 1.29 bits per heavy atom. The molecule has 1 fully saturated rings. The topological polar surface area (TPSA) is 56.3 Å². The summed E-state index contributed by atoms with van der Waals surface area (Å²) in [5, 5.41) is 9.90. The molecule has 4 nitrogen and oxygen atoms in total. The predicted molar refractivity (Wildman–Crippen MR) is 90.3 cm³/mol. The van der Waals surface area contributed by atoms with Crippen LogP contribution in [0.25, 0.3) is 0 Å². The van der Waals surface area contributed by atoms with Gasteiger partial charge in [-0.05, 0) is 19.1 Å². The zero-order chi connectivity index (χ0) is 15.4. The predicted octanol–water partition coefficient (Wildman–Crippen LogP) is 2.55. The van der Waals surface area contributed by atoms with E-state index in [0.29, 0.717) is 5.57 Å². The van der Waals surface area contributed by atoms with Crippen LogP contribution in [0, 0.1) is 11.3 Å². The second-order valence-electron chi connectivity index (χ2n) is 4.86. The molecule has 1 heterocycles. The number of benzene rings is 1. The van der Waals surface area contributed by atoms with Gasteiger partial charge in [-0.2, -0.15) is 5.26 Å². The van der Waals surface area contributed by atoms with E-state index in [-0.39, 0.29) is 4.99 Å². The minimum absolute atomic E-state index is 0.156. The van der Waals surface area contributed by atoms with Crippen molar-refractivity contribution >= 4 is 34.5 Å². The molecular formula is C15H17ClN4S. The van der Waals surface area contributed by atoms with Crippen LogP contribution in [0.4, 0.5) is 5.69 Å². The summed E-state index contributed by atoms with van der Waals surface area (Å²) >= 11 is 11.2. The van der Waals surface area contributed by atoms with E-state index in [0.717, 1.165) is 42.6 Å². The molecule has 0 amide bonds. The van der Waals surface area contributed by atoms with E-state index in [1.54, 1.807) is 0 Å². The van der Waals surface area contributed by atoms with Crippen molar-refractivity contribution < 1.29 is 0 Å². The van der Waals surface area contributed by atoms with Crippen molar-refractivity contribution in [3.63, 3.8) is 0 Å². The molecule has 1 aliphatic heterocycles. The molecule has 0 bridgehead atoms. The summed E-state index contributed by atoms with van der Waals surface area (Å²) in [7, 11) is 0. The first-order valence-electron chi connectivity index (χ1n) is 6.69. The van der Waals surface area contributed by atoms with Crippen LogP contribution in [0.2, 0.25) is 5.02 Å². The standard InChI is InChI=1S/C15H17ClN4S/c1-11(12(10-17)15(18)21)19-6-8-20(9-7-19)14-5-3-2-4-13(14)16/h2-5H,6-9H2,1H3,(H2,18,21)/b12-11+. The normalized spacial score (nSPS) is 16.2. The van der Waals surface area contributed by atoms with Gasteiger partial charge in [0.2, 0.25) is 0 Å². The number of rotatable bonds is 3. The number of allylic oxidation sites excluding steroid dienone is 1. The van der Waals surface area contributed by atoms with E-state index in [1.807, 2.05) is 31.2 Å². The lowest BCUT2D eigenvalue weighted by molar-refractivity contribution is 0.321. The van der Waals surface area contributed by atoms with Crippen molar-refractivity contribution in [2.24, 2.45) is 5.73 Å². The van der Waals surface area contributed by atoms with Gasteiger partial charge in [0.25, 0.3) is 0 Å². The fourth-order valence-corrected chi connectivity index (χ4v) is 2.91. The lowest BCUT2D eigenvalue weighted by atomic mass is 10.2. The highest BCUT2D eigenvalue weighted by molar-refractivity contribution is 7.80. The van der Waals surface area contributed by atoms with Gasteiger partial charge in [0.15, 0.2) is 0 Å². The number of para-hydroxylation sites is 1. The fraction of sp³-hybridized carbons (Fsp3) is 0.333. The zero-order valence-electron chi connectivity index (χ0n) is 11.8. The number of nitrogens with two attached hydrogens (primary N) is 1. The highest BCUT2D eigenvalue weighted by atomic mass is 35.5. The second-order valence-corrected chi connectivity index (χ2v) is 5.71. The molecule has 21 heavy (non-hydrogen) atoms. The molecule has 0 aromatic heterocycles. The molecule has 0 atom stereocenters. The van der Waals surface area contributed by atoms with Crippen molar-refractivity contribution in [2.75, 3.05) is 31.1 Å². The van der Waals surface area contributed by atoms with Crippen molar-refractivity contribution in [1.82, 2.24) is 4.90 Å². The van der Waals surface area contributed by atoms with Gasteiger partial charge >= 0.3 is 0 Å². The number of hydrogen-bond acceptors (Lipinski definition) is 4. The van der Waals surface area contributed by atoms with E-state index < -0.39 is 0 Å². The Balaban J connectivity index is 2.09. The number of nitrogens with zero attached hydrogens (tertiary/aromatic N) is 3. The van der Waals surface area contributed by atoms with Crippen LogP contribution in [0.3, 0.4) is 0 Å². The third-order valence-corrected chi connectivity index (χ3v) is 4.19. The molecule has 0 saturated carbocycles. The van der Waals surface area contributed by atoms with Crippen molar-refractivity contribution in [3.05, 3.63) is 40.6 Å². The molecule has 110 valence electrons. The Morgan fingerprint density at radius 3 is 2.43 bits per heavy atom. The van der Waals surface area contributed by atoms with Gasteiger partial charge in [0, 0.05) is 31.9 Å². The van der Waals surface area contributed by atoms with Crippen LogP contribution in [-0.4, -0.2) is 36.1 Å². The number of hydrogen-bond donors (Lipinski definition) is 1. The number of thiocarbonyl (C=S) groups is 1. The minimum atomic E-state index is 0.156. The first kappa shape index (κ1) is 15.6. The van der Waals surface area contributed by atoms with E-state index >= 15 is 0 Å². The molecule has 2 N–H and O–H groups in total. The Labute approximate surface area is 135 Å². The van der Waals surface area contributed by atoms with Gasteiger partial charge < -0.3 is 15.5 Å².